The molecule has 2 aromatic carbocycles. The number of rotatable bonds is 3. The number of aryl methyl sites for hydroxylation is 1. The van der Waals surface area contributed by atoms with Gasteiger partial charge >= 0.3 is 0 Å². The quantitative estimate of drug-likeness (QED) is 0.659. The maximum atomic E-state index is 6.29. The average molecular weight is 306 g/mol. The molecule has 0 aliphatic carbocycles. The van der Waals surface area contributed by atoms with Gasteiger partial charge in [0.05, 0.1) is 5.02 Å². The Balaban J connectivity index is 1.89. The van der Waals surface area contributed by atoms with Gasteiger partial charge in [-0.3, -0.25) is 0 Å². The summed E-state index contributed by atoms with van der Waals surface area (Å²) in [6, 6.07) is 13.2. The molecule has 0 radical (unpaired) electrons. The summed E-state index contributed by atoms with van der Waals surface area (Å²) in [6.07, 6.45) is 2.05. The number of ether oxygens (including phenoxy) is 1. The predicted octanol–water partition coefficient (Wildman–Crippen LogP) is 5.06. The second-order valence-corrected chi connectivity index (χ2v) is 5.49. The molecule has 0 aliphatic heterocycles. The van der Waals surface area contributed by atoms with Crippen molar-refractivity contribution in [3.8, 4) is 5.75 Å². The molecular formula is C16H13Cl2NO. The summed E-state index contributed by atoms with van der Waals surface area (Å²) < 4.78 is 7.85. The Hall–Kier alpha value is -1.64. The molecule has 4 heteroatoms. The molecule has 0 amide bonds. The Morgan fingerprint density at radius 1 is 1.05 bits per heavy atom. The van der Waals surface area contributed by atoms with Gasteiger partial charge in [-0.15, -0.1) is 0 Å². The van der Waals surface area contributed by atoms with Crippen molar-refractivity contribution in [2.24, 2.45) is 7.05 Å². The van der Waals surface area contributed by atoms with E-state index in [9.17, 15) is 0 Å². The third-order valence-corrected chi connectivity index (χ3v) is 3.82. The first kappa shape index (κ1) is 13.3. The van der Waals surface area contributed by atoms with Crippen LogP contribution in [0.3, 0.4) is 0 Å². The molecule has 0 aliphatic rings. The highest BCUT2D eigenvalue weighted by molar-refractivity contribution is 6.35. The molecule has 2 nitrogen and oxygen atoms in total. The first-order chi connectivity index (χ1) is 9.65. The lowest BCUT2D eigenvalue weighted by Gasteiger charge is -2.05. The Bertz CT molecular complexity index is 747. The van der Waals surface area contributed by atoms with Gasteiger partial charge in [0, 0.05) is 34.7 Å². The average Bonchev–Trinajstić information content (AvgIpc) is 2.77. The second-order valence-electron chi connectivity index (χ2n) is 4.64. The van der Waals surface area contributed by atoms with E-state index < -0.39 is 0 Å². The number of halogens is 2. The molecule has 102 valence electrons. The van der Waals surface area contributed by atoms with Crippen molar-refractivity contribution in [2.75, 3.05) is 0 Å². The largest absolute Gasteiger partial charge is 0.489 e. The normalized spacial score (nSPS) is 10.9. The van der Waals surface area contributed by atoms with Crippen molar-refractivity contribution >= 4 is 34.1 Å². The summed E-state index contributed by atoms with van der Waals surface area (Å²) in [7, 11) is 2.00. The fourth-order valence-electron chi connectivity index (χ4n) is 2.29. The topological polar surface area (TPSA) is 14.2 Å². The monoisotopic (exact) mass is 305 g/mol. The Morgan fingerprint density at radius 3 is 2.55 bits per heavy atom. The fourth-order valence-corrected chi connectivity index (χ4v) is 2.71. The van der Waals surface area contributed by atoms with E-state index in [4.69, 9.17) is 27.9 Å². The molecule has 0 fully saturated rings. The van der Waals surface area contributed by atoms with Crippen molar-refractivity contribution < 1.29 is 4.74 Å². The molecule has 0 bridgehead atoms. The van der Waals surface area contributed by atoms with Crippen molar-refractivity contribution in [1.29, 1.82) is 0 Å². The molecule has 3 aromatic rings. The van der Waals surface area contributed by atoms with Gasteiger partial charge in [-0.1, -0.05) is 29.3 Å². The Morgan fingerprint density at radius 2 is 1.80 bits per heavy atom. The van der Waals surface area contributed by atoms with Gasteiger partial charge in [0.1, 0.15) is 12.4 Å². The van der Waals surface area contributed by atoms with E-state index in [1.54, 1.807) is 0 Å². The van der Waals surface area contributed by atoms with Crippen LogP contribution in [-0.2, 0) is 13.7 Å². The standard InChI is InChI=1S/C16H13Cl2NO/c1-19-9-11(16-14(18)3-2-4-15(16)19)10-20-13-7-5-12(17)6-8-13/h2-9H,10H2,1H3. The van der Waals surface area contributed by atoms with Crippen LogP contribution in [0.5, 0.6) is 5.75 Å². The number of hydrogen-bond donors (Lipinski definition) is 0. The summed E-state index contributed by atoms with van der Waals surface area (Å²) in [5, 5.41) is 2.49. The fraction of sp³-hybridized carbons (Fsp3) is 0.125. The number of aromatic nitrogens is 1. The van der Waals surface area contributed by atoms with Crippen molar-refractivity contribution in [1.82, 2.24) is 4.57 Å². The number of nitrogens with zero attached hydrogens (tertiary/aromatic N) is 1. The molecule has 20 heavy (non-hydrogen) atoms. The molecule has 0 spiro atoms. The van der Waals surface area contributed by atoms with Gasteiger partial charge in [0.15, 0.2) is 0 Å². The van der Waals surface area contributed by atoms with Crippen LogP contribution in [0.25, 0.3) is 10.9 Å². The molecule has 0 saturated carbocycles. The summed E-state index contributed by atoms with van der Waals surface area (Å²) in [5.74, 6) is 0.790. The van der Waals surface area contributed by atoms with E-state index in [2.05, 4.69) is 4.57 Å². The highest BCUT2D eigenvalue weighted by atomic mass is 35.5. The van der Waals surface area contributed by atoms with Crippen LogP contribution in [0.15, 0.2) is 48.7 Å². The van der Waals surface area contributed by atoms with Gasteiger partial charge in [-0.05, 0) is 36.4 Å². The number of fused-ring (bicyclic) bond motifs is 1. The first-order valence-corrected chi connectivity index (χ1v) is 7.01. The lowest BCUT2D eigenvalue weighted by Crippen LogP contribution is -1.94. The highest BCUT2D eigenvalue weighted by Gasteiger charge is 2.10. The van der Waals surface area contributed by atoms with Gasteiger partial charge in [-0.2, -0.15) is 0 Å². The van der Waals surface area contributed by atoms with Crippen LogP contribution in [0.4, 0.5) is 0 Å². The van der Waals surface area contributed by atoms with E-state index in [0.29, 0.717) is 11.6 Å². The molecule has 1 aromatic heterocycles. The van der Waals surface area contributed by atoms with Crippen molar-refractivity contribution in [3.05, 3.63) is 64.3 Å². The molecule has 3 rings (SSSR count). The summed E-state index contributed by atoms with van der Waals surface area (Å²) in [6.45, 7) is 0.475. The molecular weight excluding hydrogens is 293 g/mol. The predicted molar refractivity (Wildman–Crippen MR) is 83.7 cm³/mol. The smallest absolute Gasteiger partial charge is 0.119 e. The van der Waals surface area contributed by atoms with E-state index in [0.717, 1.165) is 27.2 Å². The molecule has 0 atom stereocenters. The first-order valence-electron chi connectivity index (χ1n) is 6.26. The highest BCUT2D eigenvalue weighted by Crippen LogP contribution is 2.29. The zero-order valence-corrected chi connectivity index (χ0v) is 12.4. The van der Waals surface area contributed by atoms with E-state index in [1.807, 2.05) is 55.7 Å². The number of benzene rings is 2. The third kappa shape index (κ3) is 2.49. The molecule has 1 heterocycles. The minimum Gasteiger partial charge on any atom is -0.489 e. The Kier molecular flexibility index (Phi) is 3.60. The van der Waals surface area contributed by atoms with Gasteiger partial charge < -0.3 is 9.30 Å². The zero-order valence-electron chi connectivity index (χ0n) is 10.9. The van der Waals surface area contributed by atoms with Gasteiger partial charge in [0.25, 0.3) is 0 Å². The second kappa shape index (κ2) is 5.39. The van der Waals surface area contributed by atoms with Crippen LogP contribution in [-0.4, -0.2) is 4.57 Å². The minimum atomic E-state index is 0.475. The number of hydrogen-bond acceptors (Lipinski definition) is 1. The van der Waals surface area contributed by atoms with Crippen LogP contribution >= 0.6 is 23.2 Å². The van der Waals surface area contributed by atoms with Crippen LogP contribution in [0, 0.1) is 0 Å². The zero-order chi connectivity index (χ0) is 14.1. The van der Waals surface area contributed by atoms with Crippen LogP contribution in [0.2, 0.25) is 10.0 Å². The maximum Gasteiger partial charge on any atom is 0.119 e. The lowest BCUT2D eigenvalue weighted by molar-refractivity contribution is 0.307. The summed E-state index contributed by atoms with van der Waals surface area (Å²) >= 11 is 12.1. The molecule has 0 saturated heterocycles. The van der Waals surface area contributed by atoms with Crippen LogP contribution < -0.4 is 4.74 Å². The molecule has 0 unspecified atom stereocenters. The van der Waals surface area contributed by atoms with E-state index in [1.165, 1.54) is 0 Å². The molecule has 0 N–H and O–H groups in total. The minimum absolute atomic E-state index is 0.475. The SMILES string of the molecule is Cn1cc(COc2ccc(Cl)cc2)c2c(Cl)cccc21. The maximum absolute atomic E-state index is 6.29. The van der Waals surface area contributed by atoms with Crippen LogP contribution in [0.1, 0.15) is 5.56 Å². The summed E-state index contributed by atoms with van der Waals surface area (Å²) in [4.78, 5) is 0. The van der Waals surface area contributed by atoms with Crippen molar-refractivity contribution in [2.45, 2.75) is 6.61 Å². The summed E-state index contributed by atoms with van der Waals surface area (Å²) in [5.41, 5.74) is 2.18. The van der Waals surface area contributed by atoms with Crippen molar-refractivity contribution in [3.63, 3.8) is 0 Å². The lowest BCUT2D eigenvalue weighted by atomic mass is 10.2. The van der Waals surface area contributed by atoms with Gasteiger partial charge in [-0.25, -0.2) is 0 Å². The van der Waals surface area contributed by atoms with Gasteiger partial charge in [0.2, 0.25) is 0 Å². The van der Waals surface area contributed by atoms with E-state index >= 15 is 0 Å². The van der Waals surface area contributed by atoms with E-state index in [-0.39, 0.29) is 0 Å². The third-order valence-electron chi connectivity index (χ3n) is 3.25. The Labute approximate surface area is 127 Å².